The first-order valence-electron chi connectivity index (χ1n) is 8.94. The third-order valence-electron chi connectivity index (χ3n) is 4.82. The van der Waals surface area contributed by atoms with Crippen molar-refractivity contribution in [3.8, 4) is 5.75 Å². The highest BCUT2D eigenvalue weighted by Crippen LogP contribution is 2.30. The Morgan fingerprint density at radius 3 is 2.24 bits per heavy atom. The quantitative estimate of drug-likeness (QED) is 0.577. The van der Waals surface area contributed by atoms with Crippen LogP contribution in [0.4, 0.5) is 10.5 Å². The van der Waals surface area contributed by atoms with Crippen molar-refractivity contribution >= 4 is 29.3 Å². The van der Waals surface area contributed by atoms with Crippen LogP contribution in [0.1, 0.15) is 29.8 Å². The predicted molar refractivity (Wildman–Crippen MR) is 106 cm³/mol. The number of hydrogen-bond donors (Lipinski definition) is 2. The molecule has 0 aliphatic carbocycles. The number of imide groups is 1. The average molecular weight is 395 g/mol. The standard InChI is InChI=1S/C21H21N3O5/c1-13(25)14-4-8-16(9-5-14)22-18(26)12-24-19(27)21(2,23-20(24)28)15-6-10-17(29-3)11-7-15/h4-11H,12H2,1-3H3,(H,22,26)(H,23,28). The van der Waals surface area contributed by atoms with Crippen LogP contribution in [0.5, 0.6) is 5.75 Å². The van der Waals surface area contributed by atoms with Crippen molar-refractivity contribution in [2.75, 3.05) is 19.0 Å². The number of anilines is 1. The van der Waals surface area contributed by atoms with Gasteiger partial charge in [0.05, 0.1) is 7.11 Å². The van der Waals surface area contributed by atoms with Crippen molar-refractivity contribution in [1.82, 2.24) is 10.2 Å². The molecule has 2 aromatic rings. The summed E-state index contributed by atoms with van der Waals surface area (Å²) in [6.45, 7) is 2.61. The van der Waals surface area contributed by atoms with Gasteiger partial charge in [0.1, 0.15) is 17.8 Å². The summed E-state index contributed by atoms with van der Waals surface area (Å²) in [5, 5.41) is 5.27. The summed E-state index contributed by atoms with van der Waals surface area (Å²) in [7, 11) is 1.53. The van der Waals surface area contributed by atoms with E-state index in [2.05, 4.69) is 10.6 Å². The van der Waals surface area contributed by atoms with E-state index in [1.54, 1.807) is 55.5 Å². The molecule has 1 fully saturated rings. The number of carbonyl (C=O) groups is 4. The van der Waals surface area contributed by atoms with E-state index in [4.69, 9.17) is 4.74 Å². The molecule has 4 amide bonds. The topological polar surface area (TPSA) is 105 Å². The van der Waals surface area contributed by atoms with Crippen LogP contribution in [0.15, 0.2) is 48.5 Å². The Bertz CT molecular complexity index is 969. The third-order valence-corrected chi connectivity index (χ3v) is 4.82. The van der Waals surface area contributed by atoms with Gasteiger partial charge in [0.2, 0.25) is 5.91 Å². The second kappa shape index (κ2) is 7.75. The van der Waals surface area contributed by atoms with Gasteiger partial charge in [-0.15, -0.1) is 0 Å². The molecule has 1 unspecified atom stereocenters. The number of methoxy groups -OCH3 is 1. The Hall–Kier alpha value is -3.68. The monoisotopic (exact) mass is 395 g/mol. The number of Topliss-reactive ketones (excluding diaryl/α,β-unsaturated/α-hetero) is 1. The largest absolute Gasteiger partial charge is 0.497 e. The lowest BCUT2D eigenvalue weighted by Gasteiger charge is -2.22. The molecule has 1 atom stereocenters. The first kappa shape index (κ1) is 20.1. The van der Waals surface area contributed by atoms with Crippen LogP contribution in [0.3, 0.4) is 0 Å². The lowest BCUT2D eigenvalue weighted by atomic mass is 9.92. The van der Waals surface area contributed by atoms with Gasteiger partial charge in [-0.3, -0.25) is 19.3 Å². The number of rotatable bonds is 6. The fourth-order valence-corrected chi connectivity index (χ4v) is 3.09. The van der Waals surface area contributed by atoms with Crippen molar-refractivity contribution in [2.45, 2.75) is 19.4 Å². The minimum Gasteiger partial charge on any atom is -0.497 e. The van der Waals surface area contributed by atoms with Gasteiger partial charge in [0, 0.05) is 11.3 Å². The number of carbonyl (C=O) groups excluding carboxylic acids is 4. The van der Waals surface area contributed by atoms with Crippen molar-refractivity contribution in [3.05, 3.63) is 59.7 Å². The normalized spacial score (nSPS) is 18.4. The van der Waals surface area contributed by atoms with Gasteiger partial charge in [-0.2, -0.15) is 0 Å². The lowest BCUT2D eigenvalue weighted by Crippen LogP contribution is -2.42. The number of amides is 4. The van der Waals surface area contributed by atoms with Gasteiger partial charge >= 0.3 is 6.03 Å². The molecule has 150 valence electrons. The Balaban J connectivity index is 1.70. The zero-order chi connectivity index (χ0) is 21.2. The molecular formula is C21H21N3O5. The molecule has 29 heavy (non-hydrogen) atoms. The summed E-state index contributed by atoms with van der Waals surface area (Å²) in [5.74, 6) is -0.501. The minimum atomic E-state index is -1.27. The molecule has 1 aliphatic heterocycles. The van der Waals surface area contributed by atoms with Crippen LogP contribution in [-0.2, 0) is 15.1 Å². The highest BCUT2D eigenvalue weighted by atomic mass is 16.5. The first-order valence-corrected chi connectivity index (χ1v) is 8.94. The Kier molecular flexibility index (Phi) is 5.36. The van der Waals surface area contributed by atoms with Gasteiger partial charge < -0.3 is 15.4 Å². The smallest absolute Gasteiger partial charge is 0.325 e. The Morgan fingerprint density at radius 2 is 1.69 bits per heavy atom. The van der Waals surface area contributed by atoms with Crippen LogP contribution >= 0.6 is 0 Å². The summed E-state index contributed by atoms with van der Waals surface area (Å²) < 4.78 is 5.11. The molecule has 0 spiro atoms. The average Bonchev–Trinajstić information content (AvgIpc) is 2.92. The number of ether oxygens (including phenoxy) is 1. The predicted octanol–water partition coefficient (Wildman–Crippen LogP) is 2.30. The van der Waals surface area contributed by atoms with E-state index in [1.165, 1.54) is 14.0 Å². The molecule has 0 saturated carbocycles. The first-order chi connectivity index (χ1) is 13.7. The van der Waals surface area contributed by atoms with Crippen LogP contribution in [0, 0.1) is 0 Å². The molecule has 0 radical (unpaired) electrons. The fourth-order valence-electron chi connectivity index (χ4n) is 3.09. The second-order valence-electron chi connectivity index (χ2n) is 6.86. The molecule has 2 aromatic carbocycles. The molecule has 1 saturated heterocycles. The Morgan fingerprint density at radius 1 is 1.07 bits per heavy atom. The van der Waals surface area contributed by atoms with Crippen molar-refractivity contribution < 1.29 is 23.9 Å². The maximum absolute atomic E-state index is 12.9. The van der Waals surface area contributed by atoms with Crippen molar-refractivity contribution in [2.24, 2.45) is 0 Å². The van der Waals surface area contributed by atoms with Gasteiger partial charge in [-0.25, -0.2) is 4.79 Å². The maximum Gasteiger partial charge on any atom is 0.325 e. The molecule has 1 heterocycles. The molecule has 0 bridgehead atoms. The number of benzene rings is 2. The van der Waals surface area contributed by atoms with Crippen LogP contribution in [0.25, 0.3) is 0 Å². The van der Waals surface area contributed by atoms with E-state index < -0.39 is 29.9 Å². The molecule has 8 nitrogen and oxygen atoms in total. The van der Waals surface area contributed by atoms with Crippen LogP contribution < -0.4 is 15.4 Å². The summed E-state index contributed by atoms with van der Waals surface area (Å²) in [6, 6.07) is 12.5. The van der Waals surface area contributed by atoms with Crippen molar-refractivity contribution in [1.29, 1.82) is 0 Å². The maximum atomic E-state index is 12.9. The van der Waals surface area contributed by atoms with E-state index in [0.29, 0.717) is 22.6 Å². The van der Waals surface area contributed by atoms with Crippen molar-refractivity contribution in [3.63, 3.8) is 0 Å². The third kappa shape index (κ3) is 3.96. The zero-order valence-electron chi connectivity index (χ0n) is 16.3. The number of ketones is 1. The molecule has 1 aliphatic rings. The second-order valence-corrected chi connectivity index (χ2v) is 6.86. The molecule has 2 N–H and O–H groups in total. The number of urea groups is 1. The highest BCUT2D eigenvalue weighted by molar-refractivity contribution is 6.10. The minimum absolute atomic E-state index is 0.0833. The molecule has 8 heteroatoms. The van der Waals surface area contributed by atoms with E-state index in [-0.39, 0.29) is 5.78 Å². The summed E-state index contributed by atoms with van der Waals surface area (Å²) in [4.78, 5) is 49.8. The fraction of sp³-hybridized carbons (Fsp3) is 0.238. The van der Waals surface area contributed by atoms with Crippen LogP contribution in [-0.4, -0.2) is 42.2 Å². The summed E-state index contributed by atoms with van der Waals surface area (Å²) >= 11 is 0. The number of nitrogens with zero attached hydrogens (tertiary/aromatic N) is 1. The molecule has 3 rings (SSSR count). The molecule has 0 aromatic heterocycles. The van der Waals surface area contributed by atoms with E-state index >= 15 is 0 Å². The summed E-state index contributed by atoms with van der Waals surface area (Å²) in [6.07, 6.45) is 0. The summed E-state index contributed by atoms with van der Waals surface area (Å²) in [5.41, 5.74) is 0.295. The van der Waals surface area contributed by atoms with Gasteiger partial charge in [0.25, 0.3) is 5.91 Å². The van der Waals surface area contributed by atoms with Gasteiger partial charge in [0.15, 0.2) is 5.78 Å². The SMILES string of the molecule is COc1ccc(C2(C)NC(=O)N(CC(=O)Nc3ccc(C(C)=O)cc3)C2=O)cc1. The number of hydrogen-bond acceptors (Lipinski definition) is 5. The number of nitrogens with one attached hydrogen (secondary N) is 2. The van der Waals surface area contributed by atoms with Gasteiger partial charge in [-0.05, 0) is 55.8 Å². The van der Waals surface area contributed by atoms with Crippen LogP contribution in [0.2, 0.25) is 0 Å². The lowest BCUT2D eigenvalue weighted by molar-refractivity contribution is -0.133. The highest BCUT2D eigenvalue weighted by Gasteiger charge is 2.49. The zero-order valence-corrected chi connectivity index (χ0v) is 16.3. The van der Waals surface area contributed by atoms with E-state index in [0.717, 1.165) is 4.90 Å². The Labute approximate surface area is 167 Å². The van der Waals surface area contributed by atoms with Gasteiger partial charge in [-0.1, -0.05) is 12.1 Å². The molecular weight excluding hydrogens is 374 g/mol. The van der Waals surface area contributed by atoms with E-state index in [1.807, 2.05) is 0 Å². The van der Waals surface area contributed by atoms with E-state index in [9.17, 15) is 19.2 Å².